The van der Waals surface area contributed by atoms with Crippen molar-refractivity contribution in [2.45, 2.75) is 68.7 Å². The number of nitrogens with one attached hydrogen (secondary N) is 2. The van der Waals surface area contributed by atoms with E-state index in [1.165, 1.54) is 23.1 Å². The Balaban J connectivity index is 1.49. The maximum Gasteiger partial charge on any atom is 0.416 e. The lowest BCUT2D eigenvalue weighted by Crippen LogP contribution is -2.52. The Morgan fingerprint density at radius 2 is 1.76 bits per heavy atom. The summed E-state index contributed by atoms with van der Waals surface area (Å²) in [6.07, 6.45) is -0.510. The number of sulfonamides is 1. The molecule has 4 rings (SSSR count). The number of carbonyl (C=O) groups is 3. The minimum atomic E-state index is -4.70. The van der Waals surface area contributed by atoms with Crippen molar-refractivity contribution in [2.75, 3.05) is 30.5 Å². The number of hydrogen-bond donors (Lipinski definition) is 2. The summed E-state index contributed by atoms with van der Waals surface area (Å²) in [5, 5.41) is 5.73. The van der Waals surface area contributed by atoms with Crippen molar-refractivity contribution in [1.82, 2.24) is 15.5 Å². The Bertz CT molecular complexity index is 1740. The first-order valence-electron chi connectivity index (χ1n) is 15.6. The molecule has 1 saturated carbocycles. The van der Waals surface area contributed by atoms with Crippen LogP contribution in [0.3, 0.4) is 0 Å². The summed E-state index contributed by atoms with van der Waals surface area (Å²) in [6, 6.07) is 7.29. The van der Waals surface area contributed by atoms with Crippen LogP contribution in [-0.4, -0.2) is 68.5 Å². The maximum absolute atomic E-state index is 13.7. The third-order valence-corrected chi connectivity index (χ3v) is 10.5. The molecule has 1 unspecified atom stereocenters. The SMILES string of the molecule is C=CCN(c1cccc(C(F)(F)F)c1)S(=O)(=O)c1ccc(Cl)c(C(=O)NCC2(NC(=O)C3(CC=C)CCN(C(=O)OC(C)(C)C)C3)CC2)c1. The molecular formula is C34H40ClF3N4O6S. The molecule has 266 valence electrons. The van der Waals surface area contributed by atoms with Crippen molar-refractivity contribution < 1.29 is 40.7 Å². The van der Waals surface area contributed by atoms with Crippen LogP contribution in [0.5, 0.6) is 0 Å². The fraction of sp³-hybridized carbons (Fsp3) is 0.441. The summed E-state index contributed by atoms with van der Waals surface area (Å²) in [4.78, 5) is 40.9. The normalized spacial score (nSPS) is 18.7. The van der Waals surface area contributed by atoms with Gasteiger partial charge in [-0.1, -0.05) is 29.8 Å². The smallest absolute Gasteiger partial charge is 0.416 e. The molecule has 15 heteroatoms. The molecule has 2 aliphatic rings. The zero-order chi connectivity index (χ0) is 36.4. The highest BCUT2D eigenvalue weighted by atomic mass is 35.5. The molecule has 1 atom stereocenters. The number of anilines is 1. The Hall–Kier alpha value is -4.04. The highest BCUT2D eigenvalue weighted by Crippen LogP contribution is 2.40. The lowest BCUT2D eigenvalue weighted by Gasteiger charge is -2.30. The second-order valence-electron chi connectivity index (χ2n) is 13.4. The number of ether oxygens (including phenoxy) is 1. The number of hydrogen-bond acceptors (Lipinski definition) is 6. The molecule has 0 bridgehead atoms. The Kier molecular flexibility index (Phi) is 10.8. The topological polar surface area (TPSA) is 125 Å². The summed E-state index contributed by atoms with van der Waals surface area (Å²) in [7, 11) is -4.49. The first-order valence-corrected chi connectivity index (χ1v) is 17.4. The van der Waals surface area contributed by atoms with Crippen LogP contribution in [0.1, 0.15) is 62.4 Å². The van der Waals surface area contributed by atoms with Gasteiger partial charge < -0.3 is 20.3 Å². The highest BCUT2D eigenvalue weighted by Gasteiger charge is 2.51. The monoisotopic (exact) mass is 724 g/mol. The molecule has 1 aliphatic heterocycles. The predicted octanol–water partition coefficient (Wildman–Crippen LogP) is 6.32. The molecule has 0 radical (unpaired) electrons. The van der Waals surface area contributed by atoms with Crippen molar-refractivity contribution in [2.24, 2.45) is 5.41 Å². The quantitative estimate of drug-likeness (QED) is 0.247. The van der Waals surface area contributed by atoms with E-state index in [2.05, 4.69) is 23.8 Å². The fourth-order valence-electron chi connectivity index (χ4n) is 5.55. The van der Waals surface area contributed by atoms with E-state index in [-0.39, 0.29) is 46.7 Å². The fourth-order valence-corrected chi connectivity index (χ4v) is 7.21. The largest absolute Gasteiger partial charge is 0.444 e. The number of carbonyl (C=O) groups excluding carboxylic acids is 3. The lowest BCUT2D eigenvalue weighted by atomic mass is 9.82. The summed E-state index contributed by atoms with van der Waals surface area (Å²) >= 11 is 6.31. The van der Waals surface area contributed by atoms with E-state index in [0.717, 1.165) is 28.6 Å². The molecule has 1 saturated heterocycles. The van der Waals surface area contributed by atoms with Crippen LogP contribution in [0.15, 0.2) is 72.7 Å². The summed E-state index contributed by atoms with van der Waals surface area (Å²) in [5.41, 5.74) is -3.84. The van der Waals surface area contributed by atoms with Gasteiger partial charge in [0.25, 0.3) is 15.9 Å². The van der Waals surface area contributed by atoms with Gasteiger partial charge in [-0.15, -0.1) is 13.2 Å². The molecule has 2 aromatic carbocycles. The van der Waals surface area contributed by atoms with Crippen molar-refractivity contribution in [3.05, 3.63) is 83.9 Å². The molecular weight excluding hydrogens is 685 g/mol. The zero-order valence-corrected chi connectivity index (χ0v) is 29.1. The minimum absolute atomic E-state index is 0.0116. The van der Waals surface area contributed by atoms with E-state index in [9.17, 15) is 36.0 Å². The Morgan fingerprint density at radius 3 is 2.35 bits per heavy atom. The van der Waals surface area contributed by atoms with Gasteiger partial charge in [-0.25, -0.2) is 13.2 Å². The van der Waals surface area contributed by atoms with Crippen LogP contribution >= 0.6 is 11.6 Å². The third kappa shape index (κ3) is 8.77. The van der Waals surface area contributed by atoms with Crippen LogP contribution in [-0.2, 0) is 25.7 Å². The van der Waals surface area contributed by atoms with Crippen LogP contribution in [0, 0.1) is 5.41 Å². The summed E-state index contributed by atoms with van der Waals surface area (Å²) in [6.45, 7) is 12.7. The van der Waals surface area contributed by atoms with Crippen LogP contribution in [0.4, 0.5) is 23.7 Å². The van der Waals surface area contributed by atoms with Gasteiger partial charge in [0.1, 0.15) is 5.60 Å². The van der Waals surface area contributed by atoms with Crippen molar-refractivity contribution in [3.8, 4) is 0 Å². The predicted molar refractivity (Wildman–Crippen MR) is 180 cm³/mol. The molecule has 49 heavy (non-hydrogen) atoms. The van der Waals surface area contributed by atoms with Gasteiger partial charge in [-0.3, -0.25) is 13.9 Å². The van der Waals surface area contributed by atoms with Gasteiger partial charge in [-0.05, 0) is 82.9 Å². The van der Waals surface area contributed by atoms with Crippen molar-refractivity contribution >= 4 is 45.2 Å². The maximum atomic E-state index is 13.7. The number of rotatable bonds is 12. The Morgan fingerprint density at radius 1 is 1.06 bits per heavy atom. The van der Waals surface area contributed by atoms with E-state index in [1.54, 1.807) is 26.8 Å². The van der Waals surface area contributed by atoms with Crippen molar-refractivity contribution in [3.63, 3.8) is 0 Å². The van der Waals surface area contributed by atoms with Gasteiger partial charge in [0.2, 0.25) is 5.91 Å². The van der Waals surface area contributed by atoms with E-state index in [1.807, 2.05) is 0 Å². The molecule has 1 aliphatic carbocycles. The van der Waals surface area contributed by atoms with E-state index >= 15 is 0 Å². The highest BCUT2D eigenvalue weighted by molar-refractivity contribution is 7.92. The first-order chi connectivity index (χ1) is 22.8. The first kappa shape index (κ1) is 37.8. The Labute approximate surface area is 289 Å². The van der Waals surface area contributed by atoms with Gasteiger partial charge in [0.05, 0.1) is 44.2 Å². The second-order valence-corrected chi connectivity index (χ2v) is 15.6. The molecule has 1 heterocycles. The number of benzene rings is 2. The standard InChI is InChI=1S/C34H40ClF3N4O6S/c1-6-13-32(16-18-41(22-32)30(45)48-31(3,4)5)29(44)40-33(14-15-33)21-39-28(43)26-20-25(11-12-27(26)35)49(46,47)42(17-7-2)24-10-8-9-23(19-24)34(36,37)38/h6-12,19-20H,1-2,13-18,21-22H2,3-5H3,(H,39,43)(H,40,44). The molecule has 3 amide bonds. The molecule has 2 fully saturated rings. The number of amides is 3. The zero-order valence-electron chi connectivity index (χ0n) is 27.5. The second kappa shape index (κ2) is 14.1. The van der Waals surface area contributed by atoms with E-state index in [0.29, 0.717) is 38.3 Å². The summed E-state index contributed by atoms with van der Waals surface area (Å²) in [5.74, 6) is -0.997. The van der Waals surface area contributed by atoms with Crippen LogP contribution < -0.4 is 14.9 Å². The van der Waals surface area contributed by atoms with Gasteiger partial charge in [0.15, 0.2) is 0 Å². The molecule has 2 aromatic rings. The number of allylic oxidation sites excluding steroid dienone is 1. The molecule has 10 nitrogen and oxygen atoms in total. The van der Waals surface area contributed by atoms with E-state index < -0.39 is 50.3 Å². The molecule has 0 aromatic heterocycles. The lowest BCUT2D eigenvalue weighted by molar-refractivity contribution is -0.137. The van der Waals surface area contributed by atoms with Crippen LogP contribution in [0.2, 0.25) is 5.02 Å². The molecule has 2 N–H and O–H groups in total. The van der Waals surface area contributed by atoms with E-state index in [4.69, 9.17) is 16.3 Å². The van der Waals surface area contributed by atoms with Crippen molar-refractivity contribution in [1.29, 1.82) is 0 Å². The molecule has 0 spiro atoms. The number of halogens is 4. The average molecular weight is 725 g/mol. The number of likely N-dealkylation sites (tertiary alicyclic amines) is 1. The van der Waals surface area contributed by atoms with Gasteiger partial charge >= 0.3 is 12.3 Å². The van der Waals surface area contributed by atoms with Crippen LogP contribution in [0.25, 0.3) is 0 Å². The summed E-state index contributed by atoms with van der Waals surface area (Å²) < 4.78 is 73.8. The average Bonchev–Trinajstić information content (AvgIpc) is 3.64. The van der Waals surface area contributed by atoms with Gasteiger partial charge in [0, 0.05) is 19.6 Å². The minimum Gasteiger partial charge on any atom is -0.444 e. The number of nitrogens with zero attached hydrogens (tertiary/aromatic N) is 2. The number of alkyl halides is 3. The van der Waals surface area contributed by atoms with Gasteiger partial charge in [-0.2, -0.15) is 13.2 Å². The third-order valence-electron chi connectivity index (χ3n) is 8.37.